The summed E-state index contributed by atoms with van der Waals surface area (Å²) in [7, 11) is 0. The van der Waals surface area contributed by atoms with Crippen LogP contribution >= 0.6 is 0 Å². The Hall–Kier alpha value is -1.05. The lowest BCUT2D eigenvalue weighted by Crippen LogP contribution is -2.02. The lowest BCUT2D eigenvalue weighted by atomic mass is 10.2. The van der Waals surface area contributed by atoms with E-state index in [4.69, 9.17) is 0 Å². The van der Waals surface area contributed by atoms with E-state index in [1.807, 2.05) is 13.0 Å². The minimum atomic E-state index is -0.165. The van der Waals surface area contributed by atoms with Crippen LogP contribution in [0.3, 0.4) is 0 Å². The van der Waals surface area contributed by atoms with Crippen LogP contribution in [0.1, 0.15) is 25.3 Å². The molecule has 0 aromatic heterocycles. The Balaban J connectivity index is 2.59. The van der Waals surface area contributed by atoms with Crippen LogP contribution in [0.25, 0.3) is 0 Å². The van der Waals surface area contributed by atoms with Crippen molar-refractivity contribution >= 4 is 5.69 Å². The number of halogens is 1. The number of hydrogen-bond donors (Lipinski definition) is 1. The number of unbranched alkanes of at least 4 members (excludes halogenated alkanes) is 1. The van der Waals surface area contributed by atoms with Crippen LogP contribution in [0.4, 0.5) is 10.1 Å². The van der Waals surface area contributed by atoms with E-state index in [2.05, 4.69) is 12.2 Å². The van der Waals surface area contributed by atoms with Crippen molar-refractivity contribution in [3.05, 3.63) is 29.6 Å². The van der Waals surface area contributed by atoms with Crippen LogP contribution in [-0.4, -0.2) is 6.54 Å². The Bertz CT molecular complexity index is 271. The van der Waals surface area contributed by atoms with Crippen LogP contribution < -0.4 is 5.32 Å². The van der Waals surface area contributed by atoms with Gasteiger partial charge in [0.05, 0.1) is 5.69 Å². The van der Waals surface area contributed by atoms with Gasteiger partial charge in [-0.05, 0) is 31.0 Å². The van der Waals surface area contributed by atoms with Crippen LogP contribution in [0.5, 0.6) is 0 Å². The van der Waals surface area contributed by atoms with E-state index in [1.165, 1.54) is 6.07 Å². The summed E-state index contributed by atoms with van der Waals surface area (Å²) >= 11 is 0. The van der Waals surface area contributed by atoms with Crippen molar-refractivity contribution in [3.63, 3.8) is 0 Å². The fourth-order valence-corrected chi connectivity index (χ4v) is 1.17. The van der Waals surface area contributed by atoms with E-state index in [0.717, 1.165) is 24.9 Å². The monoisotopic (exact) mass is 181 g/mol. The lowest BCUT2D eigenvalue weighted by molar-refractivity contribution is 0.629. The molecule has 1 N–H and O–H groups in total. The summed E-state index contributed by atoms with van der Waals surface area (Å²) in [5.41, 5.74) is 1.70. The van der Waals surface area contributed by atoms with Gasteiger partial charge in [-0.3, -0.25) is 0 Å². The molecule has 0 aliphatic rings. The topological polar surface area (TPSA) is 12.0 Å². The SMILES string of the molecule is CCCCNc1cc(C)ccc1F. The van der Waals surface area contributed by atoms with E-state index in [-0.39, 0.29) is 5.82 Å². The van der Waals surface area contributed by atoms with E-state index < -0.39 is 0 Å². The van der Waals surface area contributed by atoms with Gasteiger partial charge in [0.15, 0.2) is 0 Å². The van der Waals surface area contributed by atoms with Crippen LogP contribution in [0, 0.1) is 12.7 Å². The Labute approximate surface area is 79.0 Å². The molecule has 1 rings (SSSR count). The molecule has 0 saturated carbocycles. The number of benzene rings is 1. The summed E-state index contributed by atoms with van der Waals surface area (Å²) < 4.78 is 13.1. The highest BCUT2D eigenvalue weighted by Gasteiger charge is 1.99. The van der Waals surface area contributed by atoms with E-state index in [1.54, 1.807) is 6.07 Å². The summed E-state index contributed by atoms with van der Waals surface area (Å²) in [6, 6.07) is 5.12. The summed E-state index contributed by atoms with van der Waals surface area (Å²) in [5, 5.41) is 3.08. The first-order chi connectivity index (χ1) is 6.24. The van der Waals surface area contributed by atoms with E-state index >= 15 is 0 Å². The Morgan fingerprint density at radius 2 is 2.15 bits per heavy atom. The second-order valence-corrected chi connectivity index (χ2v) is 3.26. The Morgan fingerprint density at radius 3 is 2.85 bits per heavy atom. The third kappa shape index (κ3) is 3.05. The van der Waals surface area contributed by atoms with Crippen LogP contribution in [0.15, 0.2) is 18.2 Å². The fourth-order valence-electron chi connectivity index (χ4n) is 1.17. The number of nitrogens with one attached hydrogen (secondary N) is 1. The zero-order valence-electron chi connectivity index (χ0n) is 8.23. The molecular weight excluding hydrogens is 165 g/mol. The molecule has 0 atom stereocenters. The average molecular weight is 181 g/mol. The maximum atomic E-state index is 13.1. The quantitative estimate of drug-likeness (QED) is 0.702. The van der Waals surface area contributed by atoms with Crippen molar-refractivity contribution in [2.24, 2.45) is 0 Å². The second kappa shape index (κ2) is 4.85. The maximum Gasteiger partial charge on any atom is 0.146 e. The molecule has 1 aromatic carbocycles. The van der Waals surface area contributed by atoms with Gasteiger partial charge in [-0.2, -0.15) is 0 Å². The van der Waals surface area contributed by atoms with Gasteiger partial charge in [0, 0.05) is 6.54 Å². The normalized spacial score (nSPS) is 10.1. The molecule has 0 radical (unpaired) electrons. The van der Waals surface area contributed by atoms with Gasteiger partial charge in [-0.1, -0.05) is 19.4 Å². The molecule has 72 valence electrons. The molecule has 0 unspecified atom stereocenters. The molecule has 13 heavy (non-hydrogen) atoms. The molecule has 0 aliphatic heterocycles. The molecule has 1 nitrogen and oxygen atoms in total. The Morgan fingerprint density at radius 1 is 1.38 bits per heavy atom. The highest BCUT2D eigenvalue weighted by molar-refractivity contribution is 5.46. The van der Waals surface area contributed by atoms with Crippen LogP contribution in [0.2, 0.25) is 0 Å². The largest absolute Gasteiger partial charge is 0.383 e. The molecule has 0 heterocycles. The van der Waals surface area contributed by atoms with E-state index in [9.17, 15) is 4.39 Å². The Kier molecular flexibility index (Phi) is 3.74. The van der Waals surface area contributed by atoms with Gasteiger partial charge in [0.1, 0.15) is 5.82 Å². The van der Waals surface area contributed by atoms with Gasteiger partial charge >= 0.3 is 0 Å². The summed E-state index contributed by atoms with van der Waals surface area (Å²) in [5.74, 6) is -0.165. The molecule has 1 aromatic rings. The predicted molar refractivity (Wildman–Crippen MR) is 54.5 cm³/mol. The van der Waals surface area contributed by atoms with Gasteiger partial charge in [0.2, 0.25) is 0 Å². The minimum Gasteiger partial charge on any atom is -0.383 e. The minimum absolute atomic E-state index is 0.165. The van der Waals surface area contributed by atoms with Crippen molar-refractivity contribution < 1.29 is 4.39 Å². The number of anilines is 1. The highest BCUT2D eigenvalue weighted by atomic mass is 19.1. The molecular formula is C11H16FN. The average Bonchev–Trinajstić information content (AvgIpc) is 2.11. The second-order valence-electron chi connectivity index (χ2n) is 3.26. The van der Waals surface area contributed by atoms with Crippen molar-refractivity contribution in [3.8, 4) is 0 Å². The zero-order chi connectivity index (χ0) is 9.68. The molecule has 0 saturated heterocycles. The third-order valence-electron chi connectivity index (χ3n) is 1.97. The smallest absolute Gasteiger partial charge is 0.146 e. The van der Waals surface area contributed by atoms with Gasteiger partial charge in [0.25, 0.3) is 0 Å². The molecule has 0 spiro atoms. The summed E-state index contributed by atoms with van der Waals surface area (Å²) in [6.45, 7) is 4.93. The fraction of sp³-hybridized carbons (Fsp3) is 0.455. The first kappa shape index (κ1) is 10.0. The standard InChI is InChI=1S/C11H16FN/c1-3-4-7-13-11-8-9(2)5-6-10(11)12/h5-6,8,13H,3-4,7H2,1-2H3. The molecule has 0 amide bonds. The van der Waals surface area contributed by atoms with Crippen molar-refractivity contribution in [2.45, 2.75) is 26.7 Å². The van der Waals surface area contributed by atoms with Crippen molar-refractivity contribution in [2.75, 3.05) is 11.9 Å². The van der Waals surface area contributed by atoms with Crippen molar-refractivity contribution in [1.82, 2.24) is 0 Å². The predicted octanol–water partition coefficient (Wildman–Crippen LogP) is 3.35. The zero-order valence-corrected chi connectivity index (χ0v) is 8.23. The van der Waals surface area contributed by atoms with Gasteiger partial charge in [-0.25, -0.2) is 4.39 Å². The first-order valence-electron chi connectivity index (χ1n) is 4.74. The number of rotatable bonds is 4. The number of hydrogen-bond acceptors (Lipinski definition) is 1. The van der Waals surface area contributed by atoms with Crippen LogP contribution in [-0.2, 0) is 0 Å². The summed E-state index contributed by atoms with van der Waals surface area (Å²) in [4.78, 5) is 0. The highest BCUT2D eigenvalue weighted by Crippen LogP contribution is 2.15. The first-order valence-corrected chi connectivity index (χ1v) is 4.74. The van der Waals surface area contributed by atoms with E-state index in [0.29, 0.717) is 5.69 Å². The van der Waals surface area contributed by atoms with Crippen molar-refractivity contribution in [1.29, 1.82) is 0 Å². The maximum absolute atomic E-state index is 13.1. The molecule has 0 fully saturated rings. The molecule has 0 bridgehead atoms. The number of aryl methyl sites for hydroxylation is 1. The lowest BCUT2D eigenvalue weighted by Gasteiger charge is -2.07. The third-order valence-corrected chi connectivity index (χ3v) is 1.97. The molecule has 2 heteroatoms. The summed E-state index contributed by atoms with van der Waals surface area (Å²) in [6.07, 6.45) is 2.20. The molecule has 0 aliphatic carbocycles. The van der Waals surface area contributed by atoms with Gasteiger partial charge in [-0.15, -0.1) is 0 Å². The van der Waals surface area contributed by atoms with Gasteiger partial charge < -0.3 is 5.32 Å².